The van der Waals surface area contributed by atoms with Gasteiger partial charge in [-0.2, -0.15) is 0 Å². The molecular formula is C9H19NO. The van der Waals surface area contributed by atoms with Crippen LogP contribution in [0.2, 0.25) is 0 Å². The lowest BCUT2D eigenvalue weighted by atomic mass is 10.3. The van der Waals surface area contributed by atoms with Crippen molar-refractivity contribution in [2.45, 2.75) is 19.3 Å². The molecule has 1 N–H and O–H groups in total. The predicted octanol–water partition coefficient (Wildman–Crippen LogP) is 1.58. The number of ether oxygens (including phenoxy) is 1. The standard InChI is InChI=1S/C9H19NO/c1-3-4-5-7-10-8-6-9-11-2/h3,10H,1,4-9H2,2H3. The molecule has 0 aliphatic rings. The fraction of sp³-hybridized carbons (Fsp3) is 0.778. The first-order valence-corrected chi connectivity index (χ1v) is 4.22. The van der Waals surface area contributed by atoms with Crippen molar-refractivity contribution < 1.29 is 4.74 Å². The Kier molecular flexibility index (Phi) is 9.36. The summed E-state index contributed by atoms with van der Waals surface area (Å²) in [5.41, 5.74) is 0. The molecule has 0 atom stereocenters. The minimum Gasteiger partial charge on any atom is -0.385 e. The van der Waals surface area contributed by atoms with Crippen LogP contribution >= 0.6 is 0 Å². The van der Waals surface area contributed by atoms with Gasteiger partial charge in [0.1, 0.15) is 0 Å². The molecule has 0 aromatic rings. The van der Waals surface area contributed by atoms with Crippen LogP contribution in [0.25, 0.3) is 0 Å². The molecule has 0 amide bonds. The number of rotatable bonds is 8. The summed E-state index contributed by atoms with van der Waals surface area (Å²) in [7, 11) is 1.73. The van der Waals surface area contributed by atoms with E-state index < -0.39 is 0 Å². The largest absolute Gasteiger partial charge is 0.385 e. The summed E-state index contributed by atoms with van der Waals surface area (Å²) in [5.74, 6) is 0. The smallest absolute Gasteiger partial charge is 0.0474 e. The quantitative estimate of drug-likeness (QED) is 0.426. The van der Waals surface area contributed by atoms with Crippen LogP contribution in [0.4, 0.5) is 0 Å². The zero-order chi connectivity index (χ0) is 8.36. The van der Waals surface area contributed by atoms with E-state index in [1.54, 1.807) is 7.11 Å². The summed E-state index contributed by atoms with van der Waals surface area (Å²) in [6.45, 7) is 6.67. The molecule has 0 radical (unpaired) electrons. The number of methoxy groups -OCH3 is 1. The molecule has 0 unspecified atom stereocenters. The molecule has 0 bridgehead atoms. The Labute approximate surface area is 69.6 Å². The molecular weight excluding hydrogens is 138 g/mol. The van der Waals surface area contributed by atoms with Crippen LogP contribution in [0.1, 0.15) is 19.3 Å². The third-order valence-electron chi connectivity index (χ3n) is 1.46. The summed E-state index contributed by atoms with van der Waals surface area (Å²) >= 11 is 0. The topological polar surface area (TPSA) is 21.3 Å². The van der Waals surface area contributed by atoms with Gasteiger partial charge in [-0.3, -0.25) is 0 Å². The lowest BCUT2D eigenvalue weighted by Gasteiger charge is -2.01. The van der Waals surface area contributed by atoms with Gasteiger partial charge in [-0.25, -0.2) is 0 Å². The summed E-state index contributed by atoms with van der Waals surface area (Å²) in [6, 6.07) is 0. The lowest BCUT2D eigenvalue weighted by molar-refractivity contribution is 0.194. The highest BCUT2D eigenvalue weighted by Gasteiger charge is 1.86. The molecule has 2 heteroatoms. The Morgan fingerprint density at radius 1 is 1.36 bits per heavy atom. The third kappa shape index (κ3) is 9.66. The van der Waals surface area contributed by atoms with E-state index in [2.05, 4.69) is 11.9 Å². The summed E-state index contributed by atoms with van der Waals surface area (Å²) < 4.78 is 4.91. The maximum Gasteiger partial charge on any atom is 0.0474 e. The molecule has 0 spiro atoms. The zero-order valence-corrected chi connectivity index (χ0v) is 7.44. The van der Waals surface area contributed by atoms with Crippen molar-refractivity contribution in [2.24, 2.45) is 0 Å². The van der Waals surface area contributed by atoms with E-state index in [0.717, 1.165) is 32.5 Å². The van der Waals surface area contributed by atoms with Gasteiger partial charge in [0.05, 0.1) is 0 Å². The summed E-state index contributed by atoms with van der Waals surface area (Å²) in [4.78, 5) is 0. The predicted molar refractivity (Wildman–Crippen MR) is 48.8 cm³/mol. The summed E-state index contributed by atoms with van der Waals surface area (Å²) in [5, 5.41) is 3.33. The van der Waals surface area contributed by atoms with Gasteiger partial charge >= 0.3 is 0 Å². The molecule has 0 fully saturated rings. The normalized spacial score (nSPS) is 9.91. The van der Waals surface area contributed by atoms with E-state index in [1.807, 2.05) is 6.08 Å². The van der Waals surface area contributed by atoms with Gasteiger partial charge in [0.15, 0.2) is 0 Å². The zero-order valence-electron chi connectivity index (χ0n) is 7.44. The van der Waals surface area contributed by atoms with Gasteiger partial charge in [0.25, 0.3) is 0 Å². The lowest BCUT2D eigenvalue weighted by Crippen LogP contribution is -2.17. The third-order valence-corrected chi connectivity index (χ3v) is 1.46. The van der Waals surface area contributed by atoms with Crippen LogP contribution in [-0.2, 0) is 4.74 Å². The SMILES string of the molecule is C=CCCCNCCCOC. The Morgan fingerprint density at radius 3 is 2.73 bits per heavy atom. The highest BCUT2D eigenvalue weighted by Crippen LogP contribution is 1.86. The van der Waals surface area contributed by atoms with Gasteiger partial charge in [-0.1, -0.05) is 6.08 Å². The number of allylic oxidation sites excluding steroid dienone is 1. The van der Waals surface area contributed by atoms with E-state index in [9.17, 15) is 0 Å². The number of unbranched alkanes of at least 4 members (excludes halogenated alkanes) is 1. The molecule has 0 saturated carbocycles. The second kappa shape index (κ2) is 9.66. The fourth-order valence-electron chi connectivity index (χ4n) is 0.838. The molecule has 0 heterocycles. The molecule has 11 heavy (non-hydrogen) atoms. The Hall–Kier alpha value is -0.340. The van der Waals surface area contributed by atoms with Crippen molar-refractivity contribution in [1.82, 2.24) is 5.32 Å². The van der Waals surface area contributed by atoms with Crippen LogP contribution in [0.5, 0.6) is 0 Å². The first-order valence-electron chi connectivity index (χ1n) is 4.22. The molecule has 0 aromatic carbocycles. The van der Waals surface area contributed by atoms with Crippen molar-refractivity contribution in [3.05, 3.63) is 12.7 Å². The van der Waals surface area contributed by atoms with Crippen LogP contribution < -0.4 is 5.32 Å². The van der Waals surface area contributed by atoms with Gasteiger partial charge in [-0.15, -0.1) is 6.58 Å². The van der Waals surface area contributed by atoms with Gasteiger partial charge in [0, 0.05) is 13.7 Å². The van der Waals surface area contributed by atoms with Crippen LogP contribution in [0.15, 0.2) is 12.7 Å². The van der Waals surface area contributed by atoms with E-state index in [-0.39, 0.29) is 0 Å². The Balaban J connectivity index is 2.74. The number of nitrogens with one attached hydrogen (secondary N) is 1. The van der Waals surface area contributed by atoms with Crippen LogP contribution in [0, 0.1) is 0 Å². The van der Waals surface area contributed by atoms with Crippen LogP contribution in [0.3, 0.4) is 0 Å². The van der Waals surface area contributed by atoms with Gasteiger partial charge in [-0.05, 0) is 32.4 Å². The molecule has 0 aliphatic heterocycles. The van der Waals surface area contributed by atoms with E-state index in [1.165, 1.54) is 6.42 Å². The average Bonchev–Trinajstić information content (AvgIpc) is 2.03. The van der Waals surface area contributed by atoms with E-state index >= 15 is 0 Å². The molecule has 0 rings (SSSR count). The number of hydrogen-bond acceptors (Lipinski definition) is 2. The van der Waals surface area contributed by atoms with E-state index in [4.69, 9.17) is 4.74 Å². The van der Waals surface area contributed by atoms with Crippen molar-refractivity contribution >= 4 is 0 Å². The van der Waals surface area contributed by atoms with Gasteiger partial charge in [0.2, 0.25) is 0 Å². The van der Waals surface area contributed by atoms with Crippen molar-refractivity contribution in [3.8, 4) is 0 Å². The van der Waals surface area contributed by atoms with Crippen LogP contribution in [-0.4, -0.2) is 26.8 Å². The monoisotopic (exact) mass is 157 g/mol. The molecule has 0 saturated heterocycles. The minimum atomic E-state index is 0.856. The maximum atomic E-state index is 4.91. The van der Waals surface area contributed by atoms with Gasteiger partial charge < -0.3 is 10.1 Å². The molecule has 0 aliphatic carbocycles. The molecule has 0 aromatic heterocycles. The number of hydrogen-bond donors (Lipinski definition) is 1. The second-order valence-corrected chi connectivity index (χ2v) is 2.53. The minimum absolute atomic E-state index is 0.856. The first-order chi connectivity index (χ1) is 5.41. The van der Waals surface area contributed by atoms with Crippen molar-refractivity contribution in [2.75, 3.05) is 26.8 Å². The fourth-order valence-corrected chi connectivity index (χ4v) is 0.838. The van der Waals surface area contributed by atoms with E-state index in [0.29, 0.717) is 0 Å². The molecule has 66 valence electrons. The first kappa shape index (κ1) is 10.7. The Morgan fingerprint density at radius 2 is 2.09 bits per heavy atom. The average molecular weight is 157 g/mol. The second-order valence-electron chi connectivity index (χ2n) is 2.53. The Bertz CT molecular complexity index is 83.6. The van der Waals surface area contributed by atoms with Crippen molar-refractivity contribution in [3.63, 3.8) is 0 Å². The van der Waals surface area contributed by atoms with Crippen molar-refractivity contribution in [1.29, 1.82) is 0 Å². The highest BCUT2D eigenvalue weighted by atomic mass is 16.5. The molecule has 2 nitrogen and oxygen atoms in total. The maximum absolute atomic E-state index is 4.91. The highest BCUT2D eigenvalue weighted by molar-refractivity contribution is 4.66. The summed E-state index contributed by atoms with van der Waals surface area (Å²) in [6.07, 6.45) is 5.36.